The van der Waals surface area contributed by atoms with Crippen molar-refractivity contribution in [3.05, 3.63) is 82.5 Å². The Morgan fingerprint density at radius 3 is 2.00 bits per heavy atom. The topological polar surface area (TPSA) is 138 Å². The minimum absolute atomic E-state index is 0.0199. The first kappa shape index (κ1) is 39.4. The van der Waals surface area contributed by atoms with Gasteiger partial charge >= 0.3 is 11.9 Å². The monoisotopic (exact) mass is 724 g/mol. The summed E-state index contributed by atoms with van der Waals surface area (Å²) < 4.78 is 26.4. The summed E-state index contributed by atoms with van der Waals surface area (Å²) >= 11 is 0. The Labute approximate surface area is 311 Å². The average molecular weight is 725 g/mol. The van der Waals surface area contributed by atoms with Gasteiger partial charge < -0.3 is 33.7 Å². The molecule has 2 N–H and O–H groups in total. The highest BCUT2D eigenvalue weighted by atomic mass is 16.6. The van der Waals surface area contributed by atoms with Gasteiger partial charge in [0, 0.05) is 76.4 Å². The van der Waals surface area contributed by atoms with Gasteiger partial charge in [-0.05, 0) is 80.2 Å². The number of aryl methyl sites for hydroxylation is 2. The standard InChI is InChI=1S/C42H52N4O7/c1-9-29-25(3)33-21-34-27(5)31(11-13-41(47)50-8)39(45-34)24-40-32(12-14-42(48)53-20-19-52-18-17-51-16-15-49-7)28(6)36(46-40)23-38-30(10-2)26(4)35(44-38)22-37(29)43-33/h9-10,21-24,27,31,43-44H,1-2,11-20H2,3-8H3. The van der Waals surface area contributed by atoms with Gasteiger partial charge in [-0.2, -0.15) is 0 Å². The average Bonchev–Trinajstić information content (AvgIpc) is 3.81. The summed E-state index contributed by atoms with van der Waals surface area (Å²) in [7, 11) is 3.03. The summed E-state index contributed by atoms with van der Waals surface area (Å²) in [5.74, 6) is -0.612. The predicted molar refractivity (Wildman–Crippen MR) is 209 cm³/mol. The summed E-state index contributed by atoms with van der Waals surface area (Å²) in [6.45, 7) is 18.9. The van der Waals surface area contributed by atoms with Gasteiger partial charge in [0.2, 0.25) is 0 Å². The highest BCUT2D eigenvalue weighted by molar-refractivity contribution is 5.94. The lowest BCUT2D eigenvalue weighted by Crippen LogP contribution is -2.13. The minimum atomic E-state index is -0.318. The van der Waals surface area contributed by atoms with E-state index >= 15 is 0 Å². The molecule has 11 heteroatoms. The number of hydrogen-bond acceptors (Lipinski definition) is 9. The van der Waals surface area contributed by atoms with Crippen LogP contribution in [0.5, 0.6) is 0 Å². The van der Waals surface area contributed by atoms with Gasteiger partial charge in [0.05, 0.1) is 51.5 Å². The smallest absolute Gasteiger partial charge is 0.306 e. The second kappa shape index (κ2) is 18.3. The third-order valence-corrected chi connectivity index (χ3v) is 10.1. The van der Waals surface area contributed by atoms with Crippen LogP contribution in [0.4, 0.5) is 0 Å². The Balaban J connectivity index is 1.55. The molecule has 0 aromatic carbocycles. The van der Waals surface area contributed by atoms with Gasteiger partial charge in [-0.25, -0.2) is 4.98 Å². The van der Waals surface area contributed by atoms with Gasteiger partial charge in [0.25, 0.3) is 0 Å². The molecule has 2 aliphatic rings. The van der Waals surface area contributed by atoms with Crippen LogP contribution in [-0.4, -0.2) is 85.7 Å². The molecule has 2 aliphatic heterocycles. The van der Waals surface area contributed by atoms with Gasteiger partial charge in [0.15, 0.2) is 0 Å². The number of carbonyl (C=O) groups excluding carboxylic acids is 2. The Hall–Kier alpha value is -4.84. The number of nitrogens with one attached hydrogen (secondary N) is 2. The quantitative estimate of drug-likeness (QED) is 0.105. The number of H-pyrrole nitrogens is 2. The zero-order chi connectivity index (χ0) is 38.1. The van der Waals surface area contributed by atoms with Gasteiger partial charge in [0.1, 0.15) is 6.61 Å². The molecule has 5 heterocycles. The SMILES string of the molecule is C=Cc1c(C)c2cc3[nH]c(cc4nc(cc5nc(cc1[nH]2)C(C)=C5CCC(=O)OCCOCCOCCOC)C(CCC(=O)OC)C4C)c(C)c3C=C. The molecule has 3 aromatic rings. The maximum absolute atomic E-state index is 12.9. The van der Waals surface area contributed by atoms with E-state index in [9.17, 15) is 9.59 Å². The molecular weight excluding hydrogens is 672 g/mol. The first-order valence-corrected chi connectivity index (χ1v) is 18.2. The lowest BCUT2D eigenvalue weighted by Gasteiger charge is -2.15. The van der Waals surface area contributed by atoms with Crippen molar-refractivity contribution >= 4 is 57.3 Å². The maximum Gasteiger partial charge on any atom is 0.306 e. The van der Waals surface area contributed by atoms with Crippen LogP contribution in [0.3, 0.4) is 0 Å². The van der Waals surface area contributed by atoms with E-state index in [-0.39, 0.29) is 49.8 Å². The fourth-order valence-electron chi connectivity index (χ4n) is 6.97. The number of esters is 2. The van der Waals surface area contributed by atoms with E-state index in [0.717, 1.165) is 78.2 Å². The van der Waals surface area contributed by atoms with Gasteiger partial charge in [-0.15, -0.1) is 0 Å². The van der Waals surface area contributed by atoms with Gasteiger partial charge in [-0.3, -0.25) is 14.6 Å². The van der Waals surface area contributed by atoms with Crippen molar-refractivity contribution in [1.29, 1.82) is 0 Å². The highest BCUT2D eigenvalue weighted by Gasteiger charge is 2.30. The molecule has 53 heavy (non-hydrogen) atoms. The van der Waals surface area contributed by atoms with Crippen LogP contribution in [0.25, 0.3) is 45.4 Å². The lowest BCUT2D eigenvalue weighted by molar-refractivity contribution is -0.145. The fraction of sp³-hybridized carbons (Fsp3) is 0.429. The van der Waals surface area contributed by atoms with Crippen LogP contribution in [0.15, 0.2) is 37.4 Å². The number of nitrogens with zero attached hydrogens (tertiary/aromatic N) is 2. The third-order valence-electron chi connectivity index (χ3n) is 10.1. The van der Waals surface area contributed by atoms with Crippen molar-refractivity contribution in [1.82, 2.24) is 19.9 Å². The third kappa shape index (κ3) is 9.22. The van der Waals surface area contributed by atoms with E-state index in [4.69, 9.17) is 33.7 Å². The molecule has 0 radical (unpaired) electrons. The number of carbonyl (C=O) groups is 2. The molecule has 0 saturated heterocycles. The van der Waals surface area contributed by atoms with E-state index in [2.05, 4.69) is 56.0 Å². The molecule has 3 aromatic heterocycles. The number of aromatic amines is 2. The van der Waals surface area contributed by atoms with Crippen LogP contribution in [0.1, 0.15) is 96.4 Å². The molecule has 0 amide bonds. The largest absolute Gasteiger partial charge is 0.469 e. The number of rotatable bonds is 17. The summed E-state index contributed by atoms with van der Waals surface area (Å²) in [5.41, 5.74) is 13.0. The van der Waals surface area contributed by atoms with Crippen LogP contribution >= 0.6 is 0 Å². The molecule has 2 unspecified atom stereocenters. The van der Waals surface area contributed by atoms with Crippen molar-refractivity contribution in [3.63, 3.8) is 0 Å². The normalized spacial score (nSPS) is 15.4. The van der Waals surface area contributed by atoms with Crippen LogP contribution < -0.4 is 0 Å². The summed E-state index contributed by atoms with van der Waals surface area (Å²) in [6, 6.07) is 8.26. The number of methoxy groups -OCH3 is 2. The van der Waals surface area contributed by atoms with Crippen molar-refractivity contribution < 1.29 is 33.3 Å². The highest BCUT2D eigenvalue weighted by Crippen LogP contribution is 2.42. The van der Waals surface area contributed by atoms with E-state index in [0.29, 0.717) is 39.3 Å². The molecule has 282 valence electrons. The van der Waals surface area contributed by atoms with Crippen molar-refractivity contribution in [2.75, 3.05) is 53.9 Å². The predicted octanol–water partition coefficient (Wildman–Crippen LogP) is 7.99. The molecular formula is C42H52N4O7. The summed E-state index contributed by atoms with van der Waals surface area (Å²) in [5, 5.41) is 0. The number of aromatic nitrogens is 4. The van der Waals surface area contributed by atoms with Crippen molar-refractivity contribution in [2.45, 2.75) is 65.2 Å². The molecule has 2 atom stereocenters. The van der Waals surface area contributed by atoms with Gasteiger partial charge in [-0.1, -0.05) is 32.2 Å². The van der Waals surface area contributed by atoms with E-state index < -0.39 is 0 Å². The fourth-order valence-corrected chi connectivity index (χ4v) is 6.97. The molecule has 8 bridgehead atoms. The summed E-state index contributed by atoms with van der Waals surface area (Å²) in [6.07, 6.45) is 5.16. The number of hydrogen-bond donors (Lipinski definition) is 2. The van der Waals surface area contributed by atoms with E-state index in [1.807, 2.05) is 31.2 Å². The molecule has 0 fully saturated rings. The van der Waals surface area contributed by atoms with E-state index in [1.165, 1.54) is 7.11 Å². The number of ether oxygens (including phenoxy) is 5. The first-order valence-electron chi connectivity index (χ1n) is 18.2. The first-order chi connectivity index (χ1) is 25.6. The lowest BCUT2D eigenvalue weighted by atomic mass is 9.87. The number of allylic oxidation sites excluding steroid dienone is 2. The maximum atomic E-state index is 12.9. The Kier molecular flexibility index (Phi) is 13.6. The Morgan fingerprint density at radius 1 is 0.736 bits per heavy atom. The zero-order valence-electron chi connectivity index (χ0n) is 31.9. The second-order valence-electron chi connectivity index (χ2n) is 13.4. The molecule has 11 nitrogen and oxygen atoms in total. The molecule has 0 spiro atoms. The summed E-state index contributed by atoms with van der Waals surface area (Å²) in [4.78, 5) is 42.7. The molecule has 5 rings (SSSR count). The molecule has 0 saturated carbocycles. The Morgan fingerprint density at radius 2 is 1.36 bits per heavy atom. The van der Waals surface area contributed by atoms with Crippen LogP contribution in [0.2, 0.25) is 0 Å². The Bertz CT molecular complexity index is 2040. The van der Waals surface area contributed by atoms with Crippen LogP contribution in [-0.2, 0) is 33.3 Å². The minimum Gasteiger partial charge on any atom is -0.469 e. The second-order valence-corrected chi connectivity index (χ2v) is 13.4. The van der Waals surface area contributed by atoms with Crippen molar-refractivity contribution in [2.24, 2.45) is 0 Å². The number of fused-ring (bicyclic) bond motifs is 8. The zero-order valence-corrected chi connectivity index (χ0v) is 31.9. The molecule has 0 aliphatic carbocycles. The van der Waals surface area contributed by atoms with E-state index in [1.54, 1.807) is 7.11 Å². The van der Waals surface area contributed by atoms with Crippen molar-refractivity contribution in [3.8, 4) is 0 Å². The van der Waals surface area contributed by atoms with Crippen LogP contribution in [0, 0.1) is 13.8 Å².